The van der Waals surface area contributed by atoms with Gasteiger partial charge in [0, 0.05) is 23.4 Å². The number of carbonyl (C=O) groups is 1. The first-order chi connectivity index (χ1) is 10.6. The molecule has 0 spiro atoms. The highest BCUT2D eigenvalue weighted by Gasteiger charge is 2.23. The van der Waals surface area contributed by atoms with Crippen LogP contribution in [0.4, 0.5) is 5.69 Å². The van der Waals surface area contributed by atoms with Crippen molar-refractivity contribution in [1.29, 1.82) is 0 Å². The molecule has 22 heavy (non-hydrogen) atoms. The molecule has 3 rings (SSSR count). The molecule has 1 aliphatic heterocycles. The van der Waals surface area contributed by atoms with Gasteiger partial charge in [-0.3, -0.25) is 9.48 Å². The van der Waals surface area contributed by atoms with E-state index in [1.165, 1.54) is 0 Å². The molecule has 2 heterocycles. The van der Waals surface area contributed by atoms with Crippen LogP contribution < -0.4 is 10.1 Å². The highest BCUT2D eigenvalue weighted by Crippen LogP contribution is 2.39. The van der Waals surface area contributed by atoms with E-state index < -0.39 is 0 Å². The van der Waals surface area contributed by atoms with Crippen molar-refractivity contribution < 1.29 is 9.53 Å². The number of anilines is 1. The predicted molar refractivity (Wildman–Crippen MR) is 85.9 cm³/mol. The van der Waals surface area contributed by atoms with Gasteiger partial charge in [0.25, 0.3) is 0 Å². The molecule has 0 bridgehead atoms. The van der Waals surface area contributed by atoms with Gasteiger partial charge in [0.2, 0.25) is 5.91 Å². The number of ether oxygens (including phenoxy) is 1. The zero-order valence-electron chi connectivity index (χ0n) is 12.7. The average molecular weight is 297 g/mol. The molecule has 0 unspecified atom stereocenters. The SMILES string of the molecule is C=C[C@@H]1CC(=O)Nc2cccc(-c3cnn(C(C)C)c3)c2O1. The van der Waals surface area contributed by atoms with E-state index in [0.29, 0.717) is 11.4 Å². The summed E-state index contributed by atoms with van der Waals surface area (Å²) in [4.78, 5) is 11.9. The molecule has 1 aromatic heterocycles. The van der Waals surface area contributed by atoms with E-state index in [1.807, 2.05) is 35.3 Å². The summed E-state index contributed by atoms with van der Waals surface area (Å²) in [5.74, 6) is 0.597. The second-order valence-corrected chi connectivity index (χ2v) is 5.63. The number of hydrogen-bond acceptors (Lipinski definition) is 3. The summed E-state index contributed by atoms with van der Waals surface area (Å²) >= 11 is 0. The van der Waals surface area contributed by atoms with Gasteiger partial charge in [0.15, 0.2) is 5.75 Å². The van der Waals surface area contributed by atoms with Crippen LogP contribution >= 0.6 is 0 Å². The molecule has 0 aliphatic carbocycles. The van der Waals surface area contributed by atoms with Crippen molar-refractivity contribution in [1.82, 2.24) is 9.78 Å². The molecule has 0 radical (unpaired) electrons. The Labute approximate surface area is 129 Å². The number of nitrogens with one attached hydrogen (secondary N) is 1. The lowest BCUT2D eigenvalue weighted by molar-refractivity contribution is -0.117. The van der Waals surface area contributed by atoms with Crippen LogP contribution in [0.25, 0.3) is 11.1 Å². The van der Waals surface area contributed by atoms with Crippen molar-refractivity contribution in [2.24, 2.45) is 0 Å². The Kier molecular flexibility index (Phi) is 3.71. The van der Waals surface area contributed by atoms with Gasteiger partial charge >= 0.3 is 0 Å². The van der Waals surface area contributed by atoms with Crippen LogP contribution in [-0.4, -0.2) is 21.8 Å². The van der Waals surface area contributed by atoms with Gasteiger partial charge in [-0.25, -0.2) is 0 Å². The summed E-state index contributed by atoms with van der Waals surface area (Å²) in [6.07, 6.45) is 5.39. The molecule has 1 atom stereocenters. The standard InChI is InChI=1S/C17H19N3O2/c1-4-13-8-16(21)19-15-7-5-6-14(17(15)22-13)12-9-18-20(10-12)11(2)3/h4-7,9-11,13H,1,8H2,2-3H3,(H,19,21)/t13-/m1/s1. The third-order valence-corrected chi connectivity index (χ3v) is 3.65. The number of carbonyl (C=O) groups excluding carboxylic acids is 1. The fraction of sp³-hybridized carbons (Fsp3) is 0.294. The molecular weight excluding hydrogens is 278 g/mol. The topological polar surface area (TPSA) is 56.2 Å². The van der Waals surface area contributed by atoms with Crippen LogP contribution in [-0.2, 0) is 4.79 Å². The molecule has 5 nitrogen and oxygen atoms in total. The first-order valence-corrected chi connectivity index (χ1v) is 7.35. The van der Waals surface area contributed by atoms with Gasteiger partial charge in [-0.05, 0) is 19.9 Å². The van der Waals surface area contributed by atoms with Crippen LogP contribution in [0.1, 0.15) is 26.3 Å². The first kappa shape index (κ1) is 14.4. The van der Waals surface area contributed by atoms with Crippen molar-refractivity contribution >= 4 is 11.6 Å². The van der Waals surface area contributed by atoms with Crippen LogP contribution in [0, 0.1) is 0 Å². The van der Waals surface area contributed by atoms with Crippen molar-refractivity contribution in [2.75, 3.05) is 5.32 Å². The molecule has 2 aromatic rings. The minimum atomic E-state index is -0.331. The lowest BCUT2D eigenvalue weighted by atomic mass is 10.1. The minimum Gasteiger partial charge on any atom is -0.483 e. The summed E-state index contributed by atoms with van der Waals surface area (Å²) in [7, 11) is 0. The highest BCUT2D eigenvalue weighted by molar-refractivity contribution is 5.95. The van der Waals surface area contributed by atoms with Gasteiger partial charge in [-0.2, -0.15) is 5.10 Å². The number of benzene rings is 1. The fourth-order valence-electron chi connectivity index (χ4n) is 2.46. The van der Waals surface area contributed by atoms with E-state index in [-0.39, 0.29) is 24.5 Å². The van der Waals surface area contributed by atoms with Crippen LogP contribution in [0.15, 0.2) is 43.2 Å². The van der Waals surface area contributed by atoms with E-state index in [9.17, 15) is 4.79 Å². The van der Waals surface area contributed by atoms with Gasteiger partial charge in [-0.15, -0.1) is 0 Å². The maximum Gasteiger partial charge on any atom is 0.228 e. The Morgan fingerprint density at radius 2 is 2.32 bits per heavy atom. The molecule has 0 saturated heterocycles. The molecule has 5 heteroatoms. The molecule has 0 fully saturated rings. The van der Waals surface area contributed by atoms with Crippen LogP contribution in [0.3, 0.4) is 0 Å². The first-order valence-electron chi connectivity index (χ1n) is 7.35. The van der Waals surface area contributed by atoms with Crippen molar-refractivity contribution in [3.05, 3.63) is 43.2 Å². The van der Waals surface area contributed by atoms with E-state index in [2.05, 4.69) is 30.8 Å². The van der Waals surface area contributed by atoms with Gasteiger partial charge < -0.3 is 10.1 Å². The van der Waals surface area contributed by atoms with Crippen LogP contribution in [0.5, 0.6) is 5.75 Å². The number of rotatable bonds is 3. The Bertz CT molecular complexity index is 718. The molecular formula is C17H19N3O2. The van der Waals surface area contributed by atoms with Crippen molar-refractivity contribution in [2.45, 2.75) is 32.4 Å². The number of para-hydroxylation sites is 1. The van der Waals surface area contributed by atoms with Crippen molar-refractivity contribution in [3.8, 4) is 16.9 Å². The zero-order valence-corrected chi connectivity index (χ0v) is 12.7. The van der Waals surface area contributed by atoms with Gasteiger partial charge in [0.1, 0.15) is 6.10 Å². The lowest BCUT2D eigenvalue weighted by Gasteiger charge is -2.15. The molecule has 114 valence electrons. The molecule has 0 saturated carbocycles. The molecule has 1 aromatic carbocycles. The Balaban J connectivity index is 2.08. The van der Waals surface area contributed by atoms with Gasteiger partial charge in [-0.1, -0.05) is 24.8 Å². The van der Waals surface area contributed by atoms with Crippen molar-refractivity contribution in [3.63, 3.8) is 0 Å². The normalized spacial score (nSPS) is 17.4. The summed E-state index contributed by atoms with van der Waals surface area (Å²) in [6.45, 7) is 7.89. The Morgan fingerprint density at radius 3 is 3.00 bits per heavy atom. The number of hydrogen-bond donors (Lipinski definition) is 1. The summed E-state index contributed by atoms with van der Waals surface area (Å²) in [6, 6.07) is 6.00. The molecule has 1 aliphatic rings. The smallest absolute Gasteiger partial charge is 0.228 e. The minimum absolute atomic E-state index is 0.0707. The van der Waals surface area contributed by atoms with Gasteiger partial charge in [0.05, 0.1) is 18.3 Å². The van der Waals surface area contributed by atoms with E-state index in [1.54, 1.807) is 6.08 Å². The molecule has 1 N–H and O–H groups in total. The summed E-state index contributed by atoms with van der Waals surface area (Å²) in [5, 5.41) is 7.26. The maximum absolute atomic E-state index is 11.9. The summed E-state index contributed by atoms with van der Waals surface area (Å²) in [5.41, 5.74) is 2.56. The molecule has 1 amide bonds. The monoisotopic (exact) mass is 297 g/mol. The highest BCUT2D eigenvalue weighted by atomic mass is 16.5. The van der Waals surface area contributed by atoms with Crippen LogP contribution in [0.2, 0.25) is 0 Å². The third kappa shape index (κ3) is 2.62. The number of nitrogens with zero attached hydrogens (tertiary/aromatic N) is 2. The average Bonchev–Trinajstić information content (AvgIpc) is 2.91. The summed E-state index contributed by atoms with van der Waals surface area (Å²) < 4.78 is 7.89. The third-order valence-electron chi connectivity index (χ3n) is 3.65. The van der Waals surface area contributed by atoms with E-state index in [0.717, 1.165) is 11.1 Å². The Hall–Kier alpha value is -2.56. The second kappa shape index (κ2) is 5.67. The largest absolute Gasteiger partial charge is 0.483 e. The fourth-order valence-corrected chi connectivity index (χ4v) is 2.46. The Morgan fingerprint density at radius 1 is 1.50 bits per heavy atom. The zero-order chi connectivity index (χ0) is 15.7. The number of fused-ring (bicyclic) bond motifs is 1. The predicted octanol–water partition coefficient (Wildman–Crippen LogP) is 3.41. The number of amides is 1. The van der Waals surface area contributed by atoms with E-state index in [4.69, 9.17) is 4.74 Å². The van der Waals surface area contributed by atoms with E-state index >= 15 is 0 Å². The second-order valence-electron chi connectivity index (χ2n) is 5.63. The quantitative estimate of drug-likeness (QED) is 0.883. The lowest BCUT2D eigenvalue weighted by Crippen LogP contribution is -2.18. The number of aromatic nitrogens is 2. The maximum atomic E-state index is 11.9.